The van der Waals surface area contributed by atoms with Gasteiger partial charge in [0.1, 0.15) is 5.82 Å². The molecule has 0 amide bonds. The Bertz CT molecular complexity index is 364. The predicted octanol–water partition coefficient (Wildman–Crippen LogP) is 2.54. The largest absolute Gasteiger partial charge is 0.394 e. The Morgan fingerprint density at radius 3 is 2.74 bits per heavy atom. The molecule has 0 radical (unpaired) electrons. The molecule has 0 aliphatic carbocycles. The minimum atomic E-state index is -0.219. The lowest BCUT2D eigenvalue weighted by Crippen LogP contribution is -2.47. The lowest BCUT2D eigenvalue weighted by Gasteiger charge is -2.32. The second-order valence-corrected chi connectivity index (χ2v) is 5.70. The van der Waals surface area contributed by atoms with Crippen molar-refractivity contribution in [3.8, 4) is 0 Å². The average molecular weight is 267 g/mol. The molecule has 1 heterocycles. The van der Waals surface area contributed by atoms with Crippen LogP contribution in [0, 0.1) is 0 Å². The number of hydrogen-bond acceptors (Lipinski definition) is 3. The molecule has 2 unspecified atom stereocenters. The van der Waals surface area contributed by atoms with Crippen LogP contribution in [0.25, 0.3) is 0 Å². The number of rotatable bonds is 9. The number of nitrogens with zero attached hydrogens (tertiary/aromatic N) is 2. The van der Waals surface area contributed by atoms with Crippen LogP contribution >= 0.6 is 0 Å². The quantitative estimate of drug-likeness (QED) is 0.723. The van der Waals surface area contributed by atoms with Gasteiger partial charge in [-0.3, -0.25) is 0 Å². The molecule has 0 aliphatic rings. The van der Waals surface area contributed by atoms with Gasteiger partial charge in [0, 0.05) is 30.4 Å². The van der Waals surface area contributed by atoms with Crippen LogP contribution < -0.4 is 5.32 Å². The monoisotopic (exact) mass is 267 g/mol. The molecule has 4 heteroatoms. The van der Waals surface area contributed by atoms with Crippen LogP contribution in [-0.4, -0.2) is 33.3 Å². The fourth-order valence-corrected chi connectivity index (χ4v) is 2.53. The zero-order valence-electron chi connectivity index (χ0n) is 12.8. The summed E-state index contributed by atoms with van der Waals surface area (Å²) in [6, 6.07) is 0.338. The molecule has 2 atom stereocenters. The molecule has 0 spiro atoms. The van der Waals surface area contributed by atoms with Crippen molar-refractivity contribution in [2.75, 3.05) is 13.2 Å². The minimum Gasteiger partial charge on any atom is -0.394 e. The number of nitrogens with one attached hydrogen (secondary N) is 1. The van der Waals surface area contributed by atoms with Crippen LogP contribution in [0.2, 0.25) is 0 Å². The van der Waals surface area contributed by atoms with E-state index in [1.165, 1.54) is 0 Å². The average Bonchev–Trinajstić information content (AvgIpc) is 2.85. The standard InChI is InChI=1S/C15H29N3O/c1-5-7-14-16-9-10-18(14)13(3)11-15(4,12-19)17-8-6-2/h9-10,13,17,19H,5-8,11-12H2,1-4H3. The van der Waals surface area contributed by atoms with Crippen LogP contribution in [-0.2, 0) is 6.42 Å². The number of imidazole rings is 1. The van der Waals surface area contributed by atoms with Gasteiger partial charge >= 0.3 is 0 Å². The number of aryl methyl sites for hydroxylation is 1. The van der Waals surface area contributed by atoms with Gasteiger partial charge in [0.2, 0.25) is 0 Å². The summed E-state index contributed by atoms with van der Waals surface area (Å²) in [5, 5.41) is 13.1. The minimum absolute atomic E-state index is 0.162. The molecule has 0 aliphatic heterocycles. The van der Waals surface area contributed by atoms with E-state index in [1.807, 2.05) is 12.4 Å². The van der Waals surface area contributed by atoms with Crippen LogP contribution in [0.3, 0.4) is 0 Å². The highest BCUT2D eigenvalue weighted by Gasteiger charge is 2.26. The highest BCUT2D eigenvalue weighted by molar-refractivity contribution is 4.97. The van der Waals surface area contributed by atoms with Crippen LogP contribution in [0.15, 0.2) is 12.4 Å². The van der Waals surface area contributed by atoms with Crippen molar-refractivity contribution in [3.05, 3.63) is 18.2 Å². The molecule has 0 saturated heterocycles. The van der Waals surface area contributed by atoms with E-state index in [2.05, 4.69) is 42.6 Å². The van der Waals surface area contributed by atoms with E-state index < -0.39 is 0 Å². The summed E-state index contributed by atoms with van der Waals surface area (Å²) >= 11 is 0. The molecule has 110 valence electrons. The molecule has 0 bridgehead atoms. The van der Waals surface area contributed by atoms with E-state index in [4.69, 9.17) is 0 Å². The third-order valence-electron chi connectivity index (χ3n) is 3.59. The maximum Gasteiger partial charge on any atom is 0.108 e. The van der Waals surface area contributed by atoms with Gasteiger partial charge in [-0.2, -0.15) is 0 Å². The lowest BCUT2D eigenvalue weighted by molar-refractivity contribution is 0.150. The number of aromatic nitrogens is 2. The van der Waals surface area contributed by atoms with Crippen molar-refractivity contribution in [3.63, 3.8) is 0 Å². The van der Waals surface area contributed by atoms with Gasteiger partial charge in [-0.25, -0.2) is 4.98 Å². The maximum absolute atomic E-state index is 9.64. The highest BCUT2D eigenvalue weighted by atomic mass is 16.3. The van der Waals surface area contributed by atoms with Crippen molar-refractivity contribution in [2.45, 2.75) is 65.0 Å². The van der Waals surface area contributed by atoms with Crippen molar-refractivity contribution < 1.29 is 5.11 Å². The number of aliphatic hydroxyl groups excluding tert-OH is 1. The van der Waals surface area contributed by atoms with E-state index in [0.29, 0.717) is 6.04 Å². The third kappa shape index (κ3) is 4.62. The van der Waals surface area contributed by atoms with Gasteiger partial charge in [-0.05, 0) is 39.7 Å². The summed E-state index contributed by atoms with van der Waals surface area (Å²) in [4.78, 5) is 4.43. The first-order chi connectivity index (χ1) is 9.06. The van der Waals surface area contributed by atoms with Crippen LogP contribution in [0.1, 0.15) is 58.8 Å². The van der Waals surface area contributed by atoms with E-state index >= 15 is 0 Å². The summed E-state index contributed by atoms with van der Waals surface area (Å²) in [6.07, 6.45) is 8.02. The molecule has 2 N–H and O–H groups in total. The molecular weight excluding hydrogens is 238 g/mol. The van der Waals surface area contributed by atoms with Gasteiger partial charge in [-0.15, -0.1) is 0 Å². The lowest BCUT2D eigenvalue weighted by atomic mass is 9.94. The first-order valence-electron chi connectivity index (χ1n) is 7.44. The molecular formula is C15H29N3O. The number of aliphatic hydroxyl groups is 1. The van der Waals surface area contributed by atoms with Gasteiger partial charge in [0.15, 0.2) is 0 Å². The Kier molecular flexibility index (Phi) is 6.52. The van der Waals surface area contributed by atoms with E-state index in [-0.39, 0.29) is 12.1 Å². The second-order valence-electron chi connectivity index (χ2n) is 5.70. The molecule has 0 saturated carbocycles. The summed E-state index contributed by atoms with van der Waals surface area (Å²) < 4.78 is 2.24. The summed E-state index contributed by atoms with van der Waals surface area (Å²) in [6.45, 7) is 9.70. The van der Waals surface area contributed by atoms with Crippen molar-refractivity contribution >= 4 is 0 Å². The van der Waals surface area contributed by atoms with Gasteiger partial charge < -0.3 is 15.0 Å². The van der Waals surface area contributed by atoms with Gasteiger partial charge in [0.25, 0.3) is 0 Å². The first kappa shape index (κ1) is 16.2. The smallest absolute Gasteiger partial charge is 0.108 e. The second kappa shape index (κ2) is 7.65. The Hall–Kier alpha value is -0.870. The number of hydrogen-bond donors (Lipinski definition) is 2. The molecule has 19 heavy (non-hydrogen) atoms. The highest BCUT2D eigenvalue weighted by Crippen LogP contribution is 2.22. The zero-order chi connectivity index (χ0) is 14.3. The van der Waals surface area contributed by atoms with Crippen molar-refractivity contribution in [2.24, 2.45) is 0 Å². The third-order valence-corrected chi connectivity index (χ3v) is 3.59. The van der Waals surface area contributed by atoms with Crippen LogP contribution in [0.5, 0.6) is 0 Å². The van der Waals surface area contributed by atoms with Crippen molar-refractivity contribution in [1.82, 2.24) is 14.9 Å². The molecule has 0 aromatic carbocycles. The first-order valence-corrected chi connectivity index (χ1v) is 7.44. The Morgan fingerprint density at radius 1 is 1.42 bits per heavy atom. The van der Waals surface area contributed by atoms with Gasteiger partial charge in [0.05, 0.1) is 6.61 Å². The molecule has 0 fully saturated rings. The summed E-state index contributed by atoms with van der Waals surface area (Å²) in [7, 11) is 0. The van der Waals surface area contributed by atoms with Gasteiger partial charge in [-0.1, -0.05) is 13.8 Å². The van der Waals surface area contributed by atoms with E-state index in [9.17, 15) is 5.11 Å². The Balaban J connectivity index is 2.70. The Labute approximate surface area is 117 Å². The zero-order valence-corrected chi connectivity index (χ0v) is 12.8. The fraction of sp³-hybridized carbons (Fsp3) is 0.800. The molecule has 1 rings (SSSR count). The topological polar surface area (TPSA) is 50.1 Å². The fourth-order valence-electron chi connectivity index (χ4n) is 2.53. The molecule has 1 aromatic heterocycles. The maximum atomic E-state index is 9.64. The Morgan fingerprint density at radius 2 is 2.16 bits per heavy atom. The normalized spacial score (nSPS) is 16.3. The summed E-state index contributed by atoms with van der Waals surface area (Å²) in [5.41, 5.74) is -0.219. The van der Waals surface area contributed by atoms with Crippen LogP contribution in [0.4, 0.5) is 0 Å². The molecule has 4 nitrogen and oxygen atoms in total. The van der Waals surface area contributed by atoms with E-state index in [1.54, 1.807) is 0 Å². The van der Waals surface area contributed by atoms with Crippen molar-refractivity contribution in [1.29, 1.82) is 0 Å². The summed E-state index contributed by atoms with van der Waals surface area (Å²) in [5.74, 6) is 1.14. The SMILES string of the molecule is CCCNC(C)(CO)CC(C)n1ccnc1CCC. The molecule has 1 aromatic rings. The van der Waals surface area contributed by atoms with E-state index in [0.717, 1.165) is 38.1 Å². The predicted molar refractivity (Wildman–Crippen MR) is 79.3 cm³/mol.